The third-order valence-electron chi connectivity index (χ3n) is 1.54. The minimum Gasteiger partial charge on any atom is -0.317 e. The SMILES string of the molecule is CCC(=O)NC(=S)Nc1ccc(I)cn1. The highest BCUT2D eigenvalue weighted by molar-refractivity contribution is 14.1. The van der Waals surface area contributed by atoms with Gasteiger partial charge in [-0.3, -0.25) is 4.79 Å². The number of thiocarbonyl (C=S) groups is 1. The molecule has 0 spiro atoms. The fourth-order valence-electron chi connectivity index (χ4n) is 0.812. The standard InChI is InChI=1S/C9H10IN3OS/c1-2-8(14)13-9(15)12-7-4-3-6(10)5-11-7/h3-5H,2H2,1H3,(H2,11,12,13,14,15). The summed E-state index contributed by atoms with van der Waals surface area (Å²) in [6.45, 7) is 1.76. The molecule has 1 aromatic heterocycles. The molecule has 6 heteroatoms. The molecule has 0 aromatic carbocycles. The van der Waals surface area contributed by atoms with Gasteiger partial charge in [0.15, 0.2) is 5.11 Å². The maximum absolute atomic E-state index is 11.0. The van der Waals surface area contributed by atoms with Crippen molar-refractivity contribution in [3.05, 3.63) is 21.9 Å². The quantitative estimate of drug-likeness (QED) is 0.640. The largest absolute Gasteiger partial charge is 0.317 e. The Kier molecular flexibility index (Phi) is 4.89. The van der Waals surface area contributed by atoms with Gasteiger partial charge in [0.2, 0.25) is 5.91 Å². The van der Waals surface area contributed by atoms with Crippen LogP contribution in [-0.2, 0) is 4.79 Å². The zero-order valence-corrected chi connectivity index (χ0v) is 11.1. The van der Waals surface area contributed by atoms with Crippen LogP contribution in [-0.4, -0.2) is 16.0 Å². The summed E-state index contributed by atoms with van der Waals surface area (Å²) in [5.41, 5.74) is 0. The molecule has 0 saturated heterocycles. The van der Waals surface area contributed by atoms with Crippen molar-refractivity contribution in [1.82, 2.24) is 10.3 Å². The number of aromatic nitrogens is 1. The highest BCUT2D eigenvalue weighted by Crippen LogP contribution is 2.06. The average molecular weight is 335 g/mol. The number of carbonyl (C=O) groups excluding carboxylic acids is 1. The number of halogens is 1. The summed E-state index contributed by atoms with van der Waals surface area (Å²) in [7, 11) is 0. The smallest absolute Gasteiger partial charge is 0.225 e. The third-order valence-corrected chi connectivity index (χ3v) is 2.39. The molecule has 1 rings (SSSR count). The summed E-state index contributed by atoms with van der Waals surface area (Å²) >= 11 is 7.09. The first-order valence-electron chi connectivity index (χ1n) is 4.34. The molecule has 4 nitrogen and oxygen atoms in total. The number of carbonyl (C=O) groups is 1. The Morgan fingerprint density at radius 1 is 1.60 bits per heavy atom. The summed E-state index contributed by atoms with van der Waals surface area (Å²) in [6.07, 6.45) is 2.12. The number of amides is 1. The normalized spacial score (nSPS) is 9.47. The van der Waals surface area contributed by atoms with Crippen LogP contribution in [0.4, 0.5) is 5.82 Å². The van der Waals surface area contributed by atoms with Crippen LogP contribution in [0.15, 0.2) is 18.3 Å². The first-order valence-corrected chi connectivity index (χ1v) is 5.83. The zero-order valence-electron chi connectivity index (χ0n) is 8.08. The van der Waals surface area contributed by atoms with Crippen molar-refractivity contribution in [2.75, 3.05) is 5.32 Å². The van der Waals surface area contributed by atoms with E-state index in [1.165, 1.54) is 0 Å². The molecular formula is C9H10IN3OS. The fourth-order valence-corrected chi connectivity index (χ4v) is 1.35. The molecule has 1 amide bonds. The van der Waals surface area contributed by atoms with Gasteiger partial charge in [0.1, 0.15) is 5.82 Å². The van der Waals surface area contributed by atoms with Crippen LogP contribution in [0, 0.1) is 3.57 Å². The molecule has 0 aliphatic heterocycles. The molecule has 1 heterocycles. The van der Waals surface area contributed by atoms with Crippen molar-refractivity contribution in [3.63, 3.8) is 0 Å². The van der Waals surface area contributed by atoms with Gasteiger partial charge in [-0.15, -0.1) is 0 Å². The van der Waals surface area contributed by atoms with Crippen molar-refractivity contribution in [2.24, 2.45) is 0 Å². The summed E-state index contributed by atoms with van der Waals surface area (Å²) in [6, 6.07) is 3.70. The molecule has 15 heavy (non-hydrogen) atoms. The van der Waals surface area contributed by atoms with Gasteiger partial charge in [-0.2, -0.15) is 0 Å². The Labute approximate surface area is 107 Å². The molecular weight excluding hydrogens is 325 g/mol. The molecule has 0 radical (unpaired) electrons. The number of anilines is 1. The maximum Gasteiger partial charge on any atom is 0.225 e. The van der Waals surface area contributed by atoms with E-state index < -0.39 is 0 Å². The van der Waals surface area contributed by atoms with E-state index in [4.69, 9.17) is 12.2 Å². The number of hydrogen-bond donors (Lipinski definition) is 2. The van der Waals surface area contributed by atoms with Gasteiger partial charge < -0.3 is 10.6 Å². The Bertz CT molecular complexity index is 366. The maximum atomic E-state index is 11.0. The summed E-state index contributed by atoms with van der Waals surface area (Å²) in [5, 5.41) is 5.63. The van der Waals surface area contributed by atoms with Crippen LogP contribution in [0.25, 0.3) is 0 Å². The molecule has 0 saturated carbocycles. The van der Waals surface area contributed by atoms with Crippen LogP contribution in [0.5, 0.6) is 0 Å². The van der Waals surface area contributed by atoms with Crippen LogP contribution >= 0.6 is 34.8 Å². The summed E-state index contributed by atoms with van der Waals surface area (Å²) in [5.74, 6) is 0.509. The molecule has 2 N–H and O–H groups in total. The molecule has 0 aliphatic carbocycles. The van der Waals surface area contributed by atoms with E-state index in [0.29, 0.717) is 12.2 Å². The number of hydrogen-bond acceptors (Lipinski definition) is 3. The summed E-state index contributed by atoms with van der Waals surface area (Å²) in [4.78, 5) is 15.1. The van der Waals surface area contributed by atoms with E-state index in [1.54, 1.807) is 19.2 Å². The molecule has 0 unspecified atom stereocenters. The molecule has 80 valence electrons. The number of pyridine rings is 1. The third kappa shape index (κ3) is 4.52. The lowest BCUT2D eigenvalue weighted by molar-refractivity contribution is -0.119. The highest BCUT2D eigenvalue weighted by Gasteiger charge is 2.02. The van der Waals surface area contributed by atoms with Crippen molar-refractivity contribution in [2.45, 2.75) is 13.3 Å². The Hall–Kier alpha value is -0.760. The van der Waals surface area contributed by atoms with Crippen LogP contribution in [0.2, 0.25) is 0 Å². The second kappa shape index (κ2) is 5.96. The van der Waals surface area contributed by atoms with Crippen LogP contribution in [0.1, 0.15) is 13.3 Å². The molecule has 0 aliphatic rings. The lowest BCUT2D eigenvalue weighted by atomic mass is 10.4. The van der Waals surface area contributed by atoms with Gasteiger partial charge in [0.25, 0.3) is 0 Å². The van der Waals surface area contributed by atoms with Crippen LogP contribution in [0.3, 0.4) is 0 Å². The topological polar surface area (TPSA) is 54.0 Å². The van der Waals surface area contributed by atoms with Crippen molar-refractivity contribution < 1.29 is 4.79 Å². The second-order valence-electron chi connectivity index (χ2n) is 2.72. The van der Waals surface area contributed by atoms with Crippen molar-refractivity contribution in [3.8, 4) is 0 Å². The molecule has 1 aromatic rings. The number of nitrogens with one attached hydrogen (secondary N) is 2. The molecule has 0 atom stereocenters. The van der Waals surface area contributed by atoms with Gasteiger partial charge in [-0.05, 0) is 46.9 Å². The summed E-state index contributed by atoms with van der Waals surface area (Å²) < 4.78 is 1.04. The Balaban J connectivity index is 2.51. The van der Waals surface area contributed by atoms with Gasteiger partial charge in [0, 0.05) is 16.2 Å². The Morgan fingerprint density at radius 2 is 2.33 bits per heavy atom. The molecule has 0 fully saturated rings. The molecule has 0 bridgehead atoms. The van der Waals surface area contributed by atoms with Gasteiger partial charge in [0.05, 0.1) is 0 Å². The van der Waals surface area contributed by atoms with E-state index in [0.717, 1.165) is 3.57 Å². The van der Waals surface area contributed by atoms with E-state index in [-0.39, 0.29) is 11.0 Å². The fraction of sp³-hybridized carbons (Fsp3) is 0.222. The van der Waals surface area contributed by atoms with E-state index >= 15 is 0 Å². The predicted octanol–water partition coefficient (Wildman–Crippen LogP) is 1.91. The van der Waals surface area contributed by atoms with Gasteiger partial charge >= 0.3 is 0 Å². The first-order chi connectivity index (χ1) is 7.11. The van der Waals surface area contributed by atoms with E-state index in [9.17, 15) is 4.79 Å². The number of nitrogens with zero attached hydrogens (tertiary/aromatic N) is 1. The van der Waals surface area contributed by atoms with E-state index in [1.807, 2.05) is 6.07 Å². The van der Waals surface area contributed by atoms with Crippen molar-refractivity contribution >= 4 is 51.6 Å². The van der Waals surface area contributed by atoms with Gasteiger partial charge in [-0.25, -0.2) is 4.98 Å². The minimum absolute atomic E-state index is 0.113. The zero-order chi connectivity index (χ0) is 11.3. The monoisotopic (exact) mass is 335 g/mol. The Morgan fingerprint density at radius 3 is 2.87 bits per heavy atom. The van der Waals surface area contributed by atoms with Crippen molar-refractivity contribution in [1.29, 1.82) is 0 Å². The lowest BCUT2D eigenvalue weighted by Crippen LogP contribution is -2.33. The van der Waals surface area contributed by atoms with E-state index in [2.05, 4.69) is 38.2 Å². The highest BCUT2D eigenvalue weighted by atomic mass is 127. The predicted molar refractivity (Wildman–Crippen MR) is 71.6 cm³/mol. The first kappa shape index (κ1) is 12.3. The minimum atomic E-state index is -0.113. The average Bonchev–Trinajstić information content (AvgIpc) is 2.21. The van der Waals surface area contributed by atoms with Crippen LogP contribution < -0.4 is 10.6 Å². The second-order valence-corrected chi connectivity index (χ2v) is 4.37. The van der Waals surface area contributed by atoms with Gasteiger partial charge in [-0.1, -0.05) is 6.92 Å². The lowest BCUT2D eigenvalue weighted by Gasteiger charge is -2.07. The number of rotatable bonds is 2.